The molecule has 3 aromatic carbocycles. The number of aryl methyl sites for hydroxylation is 1. The number of carbonyl (C=O) groups is 2. The van der Waals surface area contributed by atoms with Crippen molar-refractivity contribution in [3.05, 3.63) is 92.6 Å². The second-order valence-corrected chi connectivity index (χ2v) is 13.8. The predicted molar refractivity (Wildman–Crippen MR) is 174 cm³/mol. The van der Waals surface area contributed by atoms with Gasteiger partial charge in [-0.3, -0.25) is 19.3 Å². The van der Waals surface area contributed by atoms with Crippen molar-refractivity contribution in [3.8, 4) is 11.5 Å². The van der Waals surface area contributed by atoms with E-state index >= 15 is 0 Å². The minimum absolute atomic E-state index is 0.236. The minimum Gasteiger partial charge on any atom is -0.492 e. The number of anilines is 1. The number of aromatic nitrogens is 1. The summed E-state index contributed by atoms with van der Waals surface area (Å²) in [5.41, 5.74) is 3.10. The number of rotatable bonds is 10. The molecule has 1 fully saturated rings. The van der Waals surface area contributed by atoms with Gasteiger partial charge >= 0.3 is 0 Å². The first-order valence-corrected chi connectivity index (χ1v) is 17.0. The third-order valence-corrected chi connectivity index (χ3v) is 9.97. The van der Waals surface area contributed by atoms with Crippen molar-refractivity contribution in [3.63, 3.8) is 0 Å². The van der Waals surface area contributed by atoms with Crippen molar-refractivity contribution in [2.24, 2.45) is 0 Å². The fourth-order valence-electron chi connectivity index (χ4n) is 6.05. The van der Waals surface area contributed by atoms with Gasteiger partial charge in [0.2, 0.25) is 15.9 Å². The Bertz CT molecular complexity index is 1980. The molecule has 0 atom stereocenters. The zero-order chi connectivity index (χ0) is 32.1. The van der Waals surface area contributed by atoms with Crippen molar-refractivity contribution in [2.45, 2.75) is 51.3 Å². The van der Waals surface area contributed by atoms with Crippen LogP contribution in [0.4, 0.5) is 5.69 Å². The van der Waals surface area contributed by atoms with E-state index in [1.165, 1.54) is 0 Å². The van der Waals surface area contributed by atoms with Crippen molar-refractivity contribution in [1.29, 1.82) is 0 Å². The Kier molecular flexibility index (Phi) is 8.18. The Hall–Kier alpha value is -3.86. The number of nitrogens with zero attached hydrogens (tertiary/aromatic N) is 2. The van der Waals surface area contributed by atoms with Gasteiger partial charge in [0.15, 0.2) is 5.75 Å². The molecule has 0 spiro atoms. The molecular formula is C33H31Cl2N3O6S. The molecule has 1 N–H and O–H groups in total. The molecular weight excluding hydrogens is 637 g/mol. The first-order valence-electron chi connectivity index (χ1n) is 14.6. The van der Waals surface area contributed by atoms with E-state index in [4.69, 9.17) is 32.7 Å². The molecule has 9 nitrogen and oxygen atoms in total. The van der Waals surface area contributed by atoms with Crippen molar-refractivity contribution < 1.29 is 27.5 Å². The van der Waals surface area contributed by atoms with Gasteiger partial charge in [0.1, 0.15) is 11.3 Å². The number of nitrogens with one attached hydrogen (secondary N) is 1. The summed E-state index contributed by atoms with van der Waals surface area (Å²) in [5, 5.41) is 1.45. The van der Waals surface area contributed by atoms with Gasteiger partial charge < -0.3 is 14.4 Å². The molecule has 1 aliphatic heterocycles. The standard InChI is InChI=1S/C33H31Cl2N3O6S/c1-4-43-29-22-7-6-14-36-28(22)30(44-5-2)23-17-38(31(39)27(23)29)26-11-8-20(15-19(26)3)18-45(41,42)37-32(40)33(12-13-33)24-10-9-21(34)16-25(24)35/h6-11,14-16H,4-5,12-13,17-18H2,1-3H3,(H,37,40). The largest absolute Gasteiger partial charge is 0.492 e. The zero-order valence-electron chi connectivity index (χ0n) is 24.9. The molecule has 1 aliphatic carbocycles. The van der Waals surface area contributed by atoms with E-state index < -0.39 is 27.1 Å². The molecule has 2 amide bonds. The van der Waals surface area contributed by atoms with Crippen molar-refractivity contribution in [1.82, 2.24) is 9.71 Å². The van der Waals surface area contributed by atoms with Gasteiger partial charge in [-0.15, -0.1) is 0 Å². The van der Waals surface area contributed by atoms with Gasteiger partial charge in [0.05, 0.1) is 36.5 Å². The smallest absolute Gasteiger partial charge is 0.262 e. The summed E-state index contributed by atoms with van der Waals surface area (Å²) in [6.45, 7) is 6.55. The van der Waals surface area contributed by atoms with E-state index in [1.807, 2.05) is 26.8 Å². The van der Waals surface area contributed by atoms with Gasteiger partial charge in [-0.1, -0.05) is 41.4 Å². The van der Waals surface area contributed by atoms with Crippen LogP contribution in [0, 0.1) is 6.92 Å². The lowest BCUT2D eigenvalue weighted by Crippen LogP contribution is -2.39. The fourth-order valence-corrected chi connectivity index (χ4v) is 7.81. The molecule has 1 saturated carbocycles. The highest BCUT2D eigenvalue weighted by Gasteiger charge is 2.53. The molecule has 0 unspecified atom stereocenters. The maximum Gasteiger partial charge on any atom is 0.262 e. The minimum atomic E-state index is -4.04. The summed E-state index contributed by atoms with van der Waals surface area (Å²) in [6, 6.07) is 13.6. The zero-order valence-corrected chi connectivity index (χ0v) is 27.3. The monoisotopic (exact) mass is 667 g/mol. The fraction of sp³-hybridized carbons (Fsp3) is 0.303. The van der Waals surface area contributed by atoms with Crippen LogP contribution >= 0.6 is 23.2 Å². The SMILES string of the molecule is CCOc1c2c(c(OCC)c3ncccc13)CN(c1ccc(CS(=O)(=O)NC(=O)C3(c4ccc(Cl)cc4Cl)CC3)cc1C)C2=O. The predicted octanol–water partition coefficient (Wildman–Crippen LogP) is 6.49. The van der Waals surface area contributed by atoms with Gasteiger partial charge in [0.25, 0.3) is 5.91 Å². The second kappa shape index (κ2) is 11.8. The molecule has 0 saturated heterocycles. The first-order chi connectivity index (χ1) is 21.5. The number of halogens is 2. The van der Waals surface area contributed by atoms with Crippen LogP contribution in [0.15, 0.2) is 54.7 Å². The highest BCUT2D eigenvalue weighted by Crippen LogP contribution is 2.51. The van der Waals surface area contributed by atoms with E-state index in [0.29, 0.717) is 92.0 Å². The summed E-state index contributed by atoms with van der Waals surface area (Å²) in [5.74, 6) is -0.259. The van der Waals surface area contributed by atoms with Crippen LogP contribution in [0.5, 0.6) is 11.5 Å². The Morgan fingerprint density at radius 1 is 1.04 bits per heavy atom. The van der Waals surface area contributed by atoms with Gasteiger partial charge in [-0.25, -0.2) is 8.42 Å². The van der Waals surface area contributed by atoms with Crippen LogP contribution < -0.4 is 19.1 Å². The lowest BCUT2D eigenvalue weighted by molar-refractivity contribution is -0.121. The lowest BCUT2D eigenvalue weighted by Gasteiger charge is -2.20. The Morgan fingerprint density at radius 2 is 1.78 bits per heavy atom. The number of carbonyl (C=O) groups excluding carboxylic acids is 2. The number of hydrogen-bond donors (Lipinski definition) is 1. The van der Waals surface area contributed by atoms with Gasteiger partial charge in [0, 0.05) is 32.9 Å². The summed E-state index contributed by atoms with van der Waals surface area (Å²) in [7, 11) is -4.04. The van der Waals surface area contributed by atoms with Gasteiger partial charge in [-0.05, 0) is 80.6 Å². The molecule has 4 aromatic rings. The summed E-state index contributed by atoms with van der Waals surface area (Å²) < 4.78 is 40.5. The molecule has 6 rings (SSSR count). The second-order valence-electron chi connectivity index (χ2n) is 11.2. The molecule has 2 heterocycles. The number of benzene rings is 3. The summed E-state index contributed by atoms with van der Waals surface area (Å²) >= 11 is 12.3. The Morgan fingerprint density at radius 3 is 2.44 bits per heavy atom. The molecule has 12 heteroatoms. The molecule has 1 aromatic heterocycles. The molecule has 234 valence electrons. The number of pyridine rings is 1. The average molecular weight is 669 g/mol. The number of hydrogen-bond acceptors (Lipinski definition) is 7. The summed E-state index contributed by atoms with van der Waals surface area (Å²) in [4.78, 5) is 33.3. The highest BCUT2D eigenvalue weighted by molar-refractivity contribution is 7.89. The molecule has 0 bridgehead atoms. The van der Waals surface area contributed by atoms with Crippen LogP contribution in [0.25, 0.3) is 10.9 Å². The normalized spacial score (nSPS) is 15.2. The summed E-state index contributed by atoms with van der Waals surface area (Å²) in [6.07, 6.45) is 2.65. The van der Waals surface area contributed by atoms with Crippen LogP contribution in [0.2, 0.25) is 10.0 Å². The van der Waals surface area contributed by atoms with Crippen LogP contribution in [-0.2, 0) is 32.5 Å². The Labute approximate surface area is 271 Å². The van der Waals surface area contributed by atoms with Crippen molar-refractivity contribution in [2.75, 3.05) is 18.1 Å². The van der Waals surface area contributed by atoms with E-state index in [2.05, 4.69) is 9.71 Å². The number of amides is 2. The van der Waals surface area contributed by atoms with Crippen molar-refractivity contribution >= 4 is 61.6 Å². The van der Waals surface area contributed by atoms with Crippen LogP contribution in [-0.4, -0.2) is 38.4 Å². The van der Waals surface area contributed by atoms with E-state index in [9.17, 15) is 18.0 Å². The third kappa shape index (κ3) is 5.60. The molecule has 45 heavy (non-hydrogen) atoms. The number of sulfonamides is 1. The van der Waals surface area contributed by atoms with E-state index in [-0.39, 0.29) is 12.5 Å². The quantitative estimate of drug-likeness (QED) is 0.206. The van der Waals surface area contributed by atoms with Gasteiger partial charge in [-0.2, -0.15) is 0 Å². The van der Waals surface area contributed by atoms with E-state index in [0.717, 1.165) is 0 Å². The van der Waals surface area contributed by atoms with Crippen LogP contribution in [0.3, 0.4) is 0 Å². The average Bonchev–Trinajstić information content (AvgIpc) is 3.72. The first kappa shape index (κ1) is 31.1. The highest BCUT2D eigenvalue weighted by atomic mass is 35.5. The number of ether oxygens (including phenoxy) is 2. The maximum absolute atomic E-state index is 13.9. The van der Waals surface area contributed by atoms with E-state index in [1.54, 1.807) is 53.6 Å². The Balaban J connectivity index is 1.25. The number of fused-ring (bicyclic) bond motifs is 2. The topological polar surface area (TPSA) is 115 Å². The third-order valence-electron chi connectivity index (χ3n) is 8.21. The maximum atomic E-state index is 13.9. The van der Waals surface area contributed by atoms with Crippen LogP contribution in [0.1, 0.15) is 59.3 Å². The lowest BCUT2D eigenvalue weighted by atomic mass is 9.95. The molecule has 0 radical (unpaired) electrons. The molecule has 2 aliphatic rings.